The summed E-state index contributed by atoms with van der Waals surface area (Å²) in [6, 6.07) is 7.99. The van der Waals surface area contributed by atoms with Gasteiger partial charge in [0.05, 0.1) is 10.6 Å². The van der Waals surface area contributed by atoms with Gasteiger partial charge in [-0.2, -0.15) is 4.39 Å². The van der Waals surface area contributed by atoms with E-state index in [0.29, 0.717) is 16.6 Å². The number of hydrogen-bond acceptors (Lipinski definition) is 5. The lowest BCUT2D eigenvalue weighted by atomic mass is 10.0. The highest BCUT2D eigenvalue weighted by Crippen LogP contribution is 2.37. The van der Waals surface area contributed by atoms with Gasteiger partial charge in [0.15, 0.2) is 5.82 Å². The molecule has 1 aliphatic rings. The molecule has 8 heteroatoms. The van der Waals surface area contributed by atoms with Gasteiger partial charge in [-0.05, 0) is 75.0 Å². The number of rotatable bonds is 10. The van der Waals surface area contributed by atoms with E-state index < -0.39 is 11.8 Å². The SMILES string of the molecule is CNCCCCC[C@@H]1CCN(c2ccc(SNc3cccc(F)n3)c(F)c2Cl)C1. The van der Waals surface area contributed by atoms with Gasteiger partial charge in [0.2, 0.25) is 5.95 Å². The number of anilines is 2. The molecular formula is C21H27ClF2N4S. The third-order valence-corrected chi connectivity index (χ3v) is 6.38. The zero-order chi connectivity index (χ0) is 20.6. The molecule has 2 N–H and O–H groups in total. The Morgan fingerprint density at radius 1 is 1.21 bits per heavy atom. The van der Waals surface area contributed by atoms with Crippen molar-refractivity contribution in [1.29, 1.82) is 0 Å². The largest absolute Gasteiger partial charge is 0.370 e. The smallest absolute Gasteiger partial charge is 0.214 e. The van der Waals surface area contributed by atoms with E-state index in [1.807, 2.05) is 13.1 Å². The lowest BCUT2D eigenvalue weighted by Gasteiger charge is -2.21. The molecule has 1 aromatic heterocycles. The molecule has 1 saturated heterocycles. The summed E-state index contributed by atoms with van der Waals surface area (Å²) < 4.78 is 30.8. The lowest BCUT2D eigenvalue weighted by Crippen LogP contribution is -2.20. The van der Waals surface area contributed by atoms with Crippen molar-refractivity contribution in [2.24, 2.45) is 5.92 Å². The van der Waals surface area contributed by atoms with Gasteiger partial charge in [-0.1, -0.05) is 30.5 Å². The van der Waals surface area contributed by atoms with Crippen molar-refractivity contribution in [3.05, 3.63) is 47.1 Å². The molecule has 4 nitrogen and oxygen atoms in total. The summed E-state index contributed by atoms with van der Waals surface area (Å²) in [4.78, 5) is 6.24. The standard InChI is InChI=1S/C21H27ClF2N4S/c1-25-12-4-2-3-6-15-11-13-28(14-15)16-9-10-17(21(24)20(16)22)29-27-19-8-5-7-18(23)26-19/h5,7-10,15,25H,2-4,6,11-14H2,1H3,(H,26,27)/t15-/m1/s1. The second-order valence-electron chi connectivity index (χ2n) is 7.31. The summed E-state index contributed by atoms with van der Waals surface area (Å²) in [6.07, 6.45) is 6.01. The van der Waals surface area contributed by atoms with Gasteiger partial charge < -0.3 is 14.9 Å². The Morgan fingerprint density at radius 2 is 2.07 bits per heavy atom. The van der Waals surface area contributed by atoms with Gasteiger partial charge >= 0.3 is 0 Å². The van der Waals surface area contributed by atoms with E-state index >= 15 is 0 Å². The highest BCUT2D eigenvalue weighted by Gasteiger charge is 2.25. The summed E-state index contributed by atoms with van der Waals surface area (Å²) in [5, 5.41) is 3.31. The first kappa shape index (κ1) is 22.1. The maximum atomic E-state index is 14.8. The molecule has 1 fully saturated rings. The van der Waals surface area contributed by atoms with Crippen molar-refractivity contribution in [1.82, 2.24) is 10.3 Å². The van der Waals surface area contributed by atoms with Crippen LogP contribution in [0.5, 0.6) is 0 Å². The molecule has 1 aromatic carbocycles. The molecule has 0 radical (unpaired) electrons. The van der Waals surface area contributed by atoms with E-state index in [2.05, 4.69) is 19.9 Å². The van der Waals surface area contributed by atoms with Crippen LogP contribution in [-0.4, -0.2) is 31.7 Å². The second kappa shape index (κ2) is 11.0. The minimum absolute atomic E-state index is 0.138. The highest BCUT2D eigenvalue weighted by atomic mass is 35.5. The van der Waals surface area contributed by atoms with Gasteiger partial charge in [-0.3, -0.25) is 0 Å². The van der Waals surface area contributed by atoms with E-state index in [-0.39, 0.29) is 5.02 Å². The average Bonchev–Trinajstić information content (AvgIpc) is 3.17. The fourth-order valence-electron chi connectivity index (χ4n) is 3.62. The Morgan fingerprint density at radius 3 is 2.86 bits per heavy atom. The Labute approximate surface area is 180 Å². The predicted molar refractivity (Wildman–Crippen MR) is 118 cm³/mol. The topological polar surface area (TPSA) is 40.2 Å². The fraction of sp³-hybridized carbons (Fsp3) is 0.476. The maximum Gasteiger partial charge on any atom is 0.214 e. The number of nitrogens with one attached hydrogen (secondary N) is 2. The summed E-state index contributed by atoms with van der Waals surface area (Å²) in [5.74, 6) is -0.0890. The zero-order valence-corrected chi connectivity index (χ0v) is 18.1. The van der Waals surface area contributed by atoms with E-state index in [9.17, 15) is 8.78 Å². The number of aromatic nitrogens is 1. The van der Waals surface area contributed by atoms with Crippen LogP contribution in [0, 0.1) is 17.7 Å². The van der Waals surface area contributed by atoms with Crippen LogP contribution in [-0.2, 0) is 0 Å². The number of unbranched alkanes of at least 4 members (excludes halogenated alkanes) is 2. The molecule has 2 aromatic rings. The van der Waals surface area contributed by atoms with Crippen LogP contribution in [0.3, 0.4) is 0 Å². The number of hydrogen-bond donors (Lipinski definition) is 2. The molecule has 1 aliphatic heterocycles. The first-order chi connectivity index (χ1) is 14.1. The van der Waals surface area contributed by atoms with Crippen LogP contribution in [0.1, 0.15) is 32.1 Å². The van der Waals surface area contributed by atoms with Crippen molar-refractivity contribution in [2.45, 2.75) is 37.0 Å². The Bertz CT molecular complexity index is 808. The third kappa shape index (κ3) is 6.20. The van der Waals surface area contributed by atoms with Crippen molar-refractivity contribution >= 4 is 35.1 Å². The molecule has 0 aliphatic carbocycles. The van der Waals surface area contributed by atoms with Crippen LogP contribution in [0.4, 0.5) is 20.3 Å². The fourth-order valence-corrected chi connectivity index (χ4v) is 4.61. The van der Waals surface area contributed by atoms with E-state index in [4.69, 9.17) is 11.6 Å². The average molecular weight is 441 g/mol. The number of halogens is 3. The molecule has 29 heavy (non-hydrogen) atoms. The van der Waals surface area contributed by atoms with Crippen molar-refractivity contribution in [3.8, 4) is 0 Å². The number of pyridine rings is 1. The highest BCUT2D eigenvalue weighted by molar-refractivity contribution is 8.00. The Hall–Kier alpha value is -1.57. The van der Waals surface area contributed by atoms with E-state index in [1.165, 1.54) is 31.7 Å². The summed E-state index contributed by atoms with van der Waals surface area (Å²) in [7, 11) is 1.98. The first-order valence-corrected chi connectivity index (χ1v) is 11.2. The lowest BCUT2D eigenvalue weighted by molar-refractivity contribution is 0.491. The van der Waals surface area contributed by atoms with E-state index in [1.54, 1.807) is 18.2 Å². The van der Waals surface area contributed by atoms with Crippen LogP contribution < -0.4 is 14.9 Å². The van der Waals surface area contributed by atoms with Gasteiger partial charge in [-0.25, -0.2) is 9.37 Å². The van der Waals surface area contributed by atoms with Crippen molar-refractivity contribution in [2.75, 3.05) is 36.3 Å². The summed E-state index contributed by atoms with van der Waals surface area (Å²) >= 11 is 7.38. The second-order valence-corrected chi connectivity index (χ2v) is 8.54. The summed E-state index contributed by atoms with van der Waals surface area (Å²) in [6.45, 7) is 2.89. The first-order valence-electron chi connectivity index (χ1n) is 10.0. The normalized spacial score (nSPS) is 16.4. The predicted octanol–water partition coefficient (Wildman–Crippen LogP) is 5.74. The third-order valence-electron chi connectivity index (χ3n) is 5.17. The molecule has 0 spiro atoms. The molecular weight excluding hydrogens is 414 g/mol. The summed E-state index contributed by atoms with van der Waals surface area (Å²) in [5.41, 5.74) is 0.745. The molecule has 0 bridgehead atoms. The Kier molecular flexibility index (Phi) is 8.39. The van der Waals surface area contributed by atoms with Crippen LogP contribution >= 0.6 is 23.5 Å². The maximum absolute atomic E-state index is 14.8. The van der Waals surface area contributed by atoms with Gasteiger partial charge in [0.25, 0.3) is 0 Å². The minimum Gasteiger partial charge on any atom is -0.370 e. The zero-order valence-electron chi connectivity index (χ0n) is 16.6. The van der Waals surface area contributed by atoms with Gasteiger partial charge in [-0.15, -0.1) is 0 Å². The molecule has 158 valence electrons. The van der Waals surface area contributed by atoms with Gasteiger partial charge in [0.1, 0.15) is 10.8 Å². The molecule has 0 unspecified atom stereocenters. The molecule has 1 atom stereocenters. The van der Waals surface area contributed by atoms with E-state index in [0.717, 1.165) is 43.7 Å². The van der Waals surface area contributed by atoms with Crippen LogP contribution in [0.2, 0.25) is 5.02 Å². The molecule has 3 rings (SSSR count). The molecule has 0 saturated carbocycles. The number of nitrogens with zero attached hydrogens (tertiary/aromatic N) is 2. The molecule has 2 heterocycles. The van der Waals surface area contributed by atoms with Gasteiger partial charge in [0, 0.05) is 13.1 Å². The van der Waals surface area contributed by atoms with Crippen molar-refractivity contribution < 1.29 is 8.78 Å². The minimum atomic E-state index is -0.588. The van der Waals surface area contributed by atoms with Crippen molar-refractivity contribution in [3.63, 3.8) is 0 Å². The molecule has 0 amide bonds. The number of benzene rings is 1. The van der Waals surface area contributed by atoms with Crippen LogP contribution in [0.25, 0.3) is 0 Å². The quantitative estimate of drug-likeness (QED) is 0.280. The van der Waals surface area contributed by atoms with Crippen LogP contribution in [0.15, 0.2) is 35.2 Å². The monoisotopic (exact) mass is 440 g/mol. The Balaban J connectivity index is 1.55.